The van der Waals surface area contributed by atoms with Gasteiger partial charge in [0.2, 0.25) is 5.91 Å². The molecule has 2 fully saturated rings. The van der Waals surface area contributed by atoms with Crippen LogP contribution in [0.4, 0.5) is 0 Å². The minimum Gasteiger partial charge on any atom is -0.497 e. The van der Waals surface area contributed by atoms with E-state index in [0.29, 0.717) is 28.8 Å². The highest BCUT2D eigenvalue weighted by Crippen LogP contribution is 2.47. The van der Waals surface area contributed by atoms with Crippen molar-refractivity contribution in [2.24, 2.45) is 17.8 Å². The summed E-state index contributed by atoms with van der Waals surface area (Å²) in [4.78, 5) is 56.6. The molecule has 226 valence electrons. The Morgan fingerprint density at radius 3 is 2.43 bits per heavy atom. The molecule has 0 saturated heterocycles. The molecule has 2 saturated carbocycles. The van der Waals surface area contributed by atoms with Gasteiger partial charge in [0.1, 0.15) is 28.7 Å². The third-order valence-corrected chi connectivity index (χ3v) is 7.52. The second-order valence-corrected chi connectivity index (χ2v) is 11.6. The molecule has 0 bridgehead atoms. The number of methoxy groups -OCH3 is 2. The Hall–Kier alpha value is -4.15. The second-order valence-electron chi connectivity index (χ2n) is 11.6. The molecule has 1 unspecified atom stereocenters. The fraction of sp³-hybridized carbons (Fsp3) is 0.516. The van der Waals surface area contributed by atoms with E-state index in [1.165, 1.54) is 20.3 Å². The number of rotatable bonds is 10. The maximum atomic E-state index is 13.7. The Balaban J connectivity index is 1.65. The van der Waals surface area contributed by atoms with E-state index in [1.807, 2.05) is 0 Å². The fourth-order valence-electron chi connectivity index (χ4n) is 5.38. The molecule has 1 amide bonds. The Labute approximate surface area is 244 Å². The van der Waals surface area contributed by atoms with Gasteiger partial charge in [0.25, 0.3) is 0 Å². The number of fused-ring (bicyclic) bond motifs is 1. The molecule has 4 rings (SSSR count). The van der Waals surface area contributed by atoms with Crippen LogP contribution in [0.25, 0.3) is 10.9 Å². The molecule has 11 heteroatoms. The summed E-state index contributed by atoms with van der Waals surface area (Å²) in [5, 5.41) is 3.48. The van der Waals surface area contributed by atoms with Gasteiger partial charge in [0, 0.05) is 23.4 Å². The lowest BCUT2D eigenvalue weighted by Gasteiger charge is -2.25. The molecule has 0 aliphatic heterocycles. The molecule has 5 atom stereocenters. The average Bonchev–Trinajstić information content (AvgIpc) is 3.50. The van der Waals surface area contributed by atoms with Crippen molar-refractivity contribution in [2.45, 2.75) is 64.2 Å². The van der Waals surface area contributed by atoms with E-state index in [0.717, 1.165) is 0 Å². The van der Waals surface area contributed by atoms with Crippen molar-refractivity contribution in [3.63, 3.8) is 0 Å². The molecular weight excluding hydrogens is 544 g/mol. The maximum Gasteiger partial charge on any atom is 0.356 e. The number of hydrogen-bond donors (Lipinski definition) is 1. The zero-order valence-corrected chi connectivity index (χ0v) is 24.9. The summed E-state index contributed by atoms with van der Waals surface area (Å²) in [7, 11) is 2.78. The summed E-state index contributed by atoms with van der Waals surface area (Å²) in [6.07, 6.45) is 1.74. The molecule has 11 nitrogen and oxygen atoms in total. The number of carbonyl (C=O) groups is 4. The first-order chi connectivity index (χ1) is 19.8. The van der Waals surface area contributed by atoms with Gasteiger partial charge >= 0.3 is 17.9 Å². The monoisotopic (exact) mass is 582 g/mol. The van der Waals surface area contributed by atoms with E-state index < -0.39 is 52.9 Å². The molecule has 42 heavy (non-hydrogen) atoms. The van der Waals surface area contributed by atoms with Gasteiger partial charge in [-0.25, -0.2) is 14.6 Å². The molecule has 1 heterocycles. The number of nitrogens with one attached hydrogen (secondary N) is 1. The summed E-state index contributed by atoms with van der Waals surface area (Å²) < 4.78 is 27.5. The summed E-state index contributed by atoms with van der Waals surface area (Å²) in [6, 6.07) is 6.64. The highest BCUT2D eigenvalue weighted by atomic mass is 16.6. The predicted octanol–water partition coefficient (Wildman–Crippen LogP) is 3.77. The summed E-state index contributed by atoms with van der Waals surface area (Å²) in [6.45, 7) is 10.9. The number of amides is 1. The van der Waals surface area contributed by atoms with Crippen LogP contribution in [0.1, 0.15) is 57.4 Å². The third-order valence-electron chi connectivity index (χ3n) is 7.52. The number of nitrogens with zero attached hydrogens (tertiary/aromatic N) is 1. The van der Waals surface area contributed by atoms with Crippen LogP contribution in [0.5, 0.6) is 11.5 Å². The van der Waals surface area contributed by atoms with Gasteiger partial charge in [0.05, 0.1) is 38.2 Å². The van der Waals surface area contributed by atoms with Gasteiger partial charge in [-0.1, -0.05) is 6.08 Å². The van der Waals surface area contributed by atoms with Crippen molar-refractivity contribution < 1.29 is 42.9 Å². The molecule has 1 N–H and O–H groups in total. The van der Waals surface area contributed by atoms with E-state index >= 15 is 0 Å². The van der Waals surface area contributed by atoms with Crippen LogP contribution in [-0.2, 0) is 28.6 Å². The maximum absolute atomic E-state index is 13.7. The minimum atomic E-state index is -1.21. The van der Waals surface area contributed by atoms with Crippen LogP contribution >= 0.6 is 0 Å². The average molecular weight is 583 g/mol. The molecule has 2 aromatic rings. The Kier molecular flexibility index (Phi) is 8.79. The minimum absolute atomic E-state index is 0.0322. The van der Waals surface area contributed by atoms with Crippen molar-refractivity contribution in [2.75, 3.05) is 20.8 Å². The van der Waals surface area contributed by atoms with Crippen LogP contribution in [0.15, 0.2) is 36.9 Å². The standard InChI is InChI=1S/C31H38N2O9/c1-8-17-16-31(17,29(37)40-9-2)33-26(34)21-12-19(13-22(21)27(35)42-30(3,4)5)41-25-15-24(28(36)39-7)32-23-14-18(38-6)10-11-20(23)25/h8,10-11,14-15,17,19,21-22H,1,9,12-13,16H2,2-7H3,(H,33,34)/t17-,19+,21+,22?,31+/m0/s1. The number of ether oxygens (including phenoxy) is 5. The molecule has 0 radical (unpaired) electrons. The summed E-state index contributed by atoms with van der Waals surface area (Å²) >= 11 is 0. The van der Waals surface area contributed by atoms with Crippen molar-refractivity contribution >= 4 is 34.7 Å². The zero-order chi connectivity index (χ0) is 30.8. The molecule has 1 aromatic carbocycles. The number of carbonyl (C=O) groups excluding carboxylic acids is 4. The van der Waals surface area contributed by atoms with Crippen LogP contribution in [0.2, 0.25) is 0 Å². The topological polar surface area (TPSA) is 139 Å². The van der Waals surface area contributed by atoms with Crippen molar-refractivity contribution in [1.29, 1.82) is 0 Å². The summed E-state index contributed by atoms with van der Waals surface area (Å²) in [5.41, 5.74) is -1.50. The number of pyridine rings is 1. The lowest BCUT2D eigenvalue weighted by Crippen LogP contribution is -2.49. The SMILES string of the molecule is C=C[C@H]1C[C@]1(NC(=O)[C@@H]1C[C@@H](Oc2cc(C(=O)OC)nc3cc(OC)ccc23)CC1C(=O)OC(C)(C)C)C(=O)OCC. The third kappa shape index (κ3) is 6.34. The van der Waals surface area contributed by atoms with Crippen molar-refractivity contribution in [3.8, 4) is 11.5 Å². The summed E-state index contributed by atoms with van der Waals surface area (Å²) in [5.74, 6) is -3.23. The predicted molar refractivity (Wildman–Crippen MR) is 152 cm³/mol. The lowest BCUT2D eigenvalue weighted by molar-refractivity contribution is -0.163. The normalized spacial score (nSPS) is 24.8. The van der Waals surface area contributed by atoms with Crippen molar-refractivity contribution in [3.05, 3.63) is 42.6 Å². The van der Waals surface area contributed by atoms with E-state index in [2.05, 4.69) is 16.9 Å². The number of hydrogen-bond acceptors (Lipinski definition) is 10. The molecule has 0 spiro atoms. The van der Waals surface area contributed by atoms with Gasteiger partial charge in [0.15, 0.2) is 5.69 Å². The smallest absolute Gasteiger partial charge is 0.356 e. The number of aromatic nitrogens is 1. The van der Waals surface area contributed by atoms with Gasteiger partial charge in [-0.3, -0.25) is 9.59 Å². The van der Waals surface area contributed by atoms with Gasteiger partial charge in [-0.05, 0) is 59.1 Å². The highest BCUT2D eigenvalue weighted by molar-refractivity contribution is 5.95. The van der Waals surface area contributed by atoms with Crippen LogP contribution in [0, 0.1) is 17.8 Å². The van der Waals surface area contributed by atoms with Gasteiger partial charge in [-0.2, -0.15) is 0 Å². The molecule has 2 aliphatic rings. The first-order valence-corrected chi connectivity index (χ1v) is 13.9. The first-order valence-electron chi connectivity index (χ1n) is 13.9. The highest BCUT2D eigenvalue weighted by Gasteiger charge is 2.62. The molecule has 2 aliphatic carbocycles. The quantitative estimate of drug-likeness (QED) is 0.250. The number of benzene rings is 1. The largest absolute Gasteiger partial charge is 0.497 e. The molecular formula is C31H38N2O9. The van der Waals surface area contributed by atoms with Gasteiger partial charge < -0.3 is 29.0 Å². The van der Waals surface area contributed by atoms with E-state index in [4.69, 9.17) is 23.7 Å². The van der Waals surface area contributed by atoms with Crippen LogP contribution in [-0.4, -0.2) is 66.9 Å². The van der Waals surface area contributed by atoms with Crippen molar-refractivity contribution in [1.82, 2.24) is 10.3 Å². The van der Waals surface area contributed by atoms with E-state index in [-0.39, 0.29) is 31.1 Å². The Morgan fingerprint density at radius 1 is 1.12 bits per heavy atom. The second kappa shape index (κ2) is 12.0. The van der Waals surface area contributed by atoms with Crippen LogP contribution in [0.3, 0.4) is 0 Å². The molecule has 1 aromatic heterocycles. The first kappa shape index (κ1) is 30.8. The van der Waals surface area contributed by atoms with Gasteiger partial charge in [-0.15, -0.1) is 6.58 Å². The number of esters is 3. The fourth-order valence-corrected chi connectivity index (χ4v) is 5.38. The Morgan fingerprint density at radius 2 is 1.83 bits per heavy atom. The van der Waals surface area contributed by atoms with Crippen LogP contribution < -0.4 is 14.8 Å². The Bertz CT molecular complexity index is 1400. The van der Waals surface area contributed by atoms with E-state index in [1.54, 1.807) is 52.0 Å². The zero-order valence-electron chi connectivity index (χ0n) is 24.9. The lowest BCUT2D eigenvalue weighted by atomic mass is 9.94. The van der Waals surface area contributed by atoms with E-state index in [9.17, 15) is 19.2 Å².